The Hall–Kier alpha value is -3.87. The highest BCUT2D eigenvalue weighted by atomic mass is 16.5. The number of fused-ring (bicyclic) bond motifs is 2. The monoisotopic (exact) mass is 413 g/mol. The number of ether oxygens (including phenoxy) is 1. The number of hydrogen-bond acceptors (Lipinski definition) is 5. The van der Waals surface area contributed by atoms with E-state index < -0.39 is 0 Å². The molecule has 4 heterocycles. The summed E-state index contributed by atoms with van der Waals surface area (Å²) in [5.74, 6) is 1.18. The molecule has 0 radical (unpaired) electrons. The molecule has 0 spiro atoms. The third-order valence-corrected chi connectivity index (χ3v) is 5.31. The molecule has 0 bridgehead atoms. The van der Waals surface area contributed by atoms with Gasteiger partial charge in [0, 0.05) is 18.3 Å². The molecule has 0 saturated heterocycles. The van der Waals surface area contributed by atoms with Gasteiger partial charge in [0.2, 0.25) is 11.8 Å². The number of benzene rings is 1. The Bertz CT molecular complexity index is 1250. The Labute approximate surface area is 180 Å². The van der Waals surface area contributed by atoms with Gasteiger partial charge in [0.25, 0.3) is 5.91 Å². The average molecular weight is 413 g/mol. The van der Waals surface area contributed by atoms with E-state index in [0.717, 1.165) is 35.0 Å². The minimum atomic E-state index is -0.272. The maximum Gasteiger partial charge on any atom is 0.275 e. The van der Waals surface area contributed by atoms with E-state index in [-0.39, 0.29) is 11.9 Å². The molecule has 0 saturated carbocycles. The van der Waals surface area contributed by atoms with Crippen molar-refractivity contribution < 1.29 is 9.53 Å². The van der Waals surface area contributed by atoms with Gasteiger partial charge in [0.15, 0.2) is 0 Å². The number of nitrogens with zero attached hydrogens (tertiary/aromatic N) is 3. The predicted octanol–water partition coefficient (Wildman–Crippen LogP) is 4.23. The SMILES string of the molecule is Cc1cc2cccc(C(=O)Nc3nc(NCc4ccccc4)c4c(n3)OCCC4)n2c1. The van der Waals surface area contributed by atoms with E-state index in [4.69, 9.17) is 4.74 Å². The predicted molar refractivity (Wildman–Crippen MR) is 120 cm³/mol. The first kappa shape index (κ1) is 19.1. The van der Waals surface area contributed by atoms with Crippen LogP contribution in [0.15, 0.2) is 60.8 Å². The summed E-state index contributed by atoms with van der Waals surface area (Å²) in [5, 5.41) is 6.23. The van der Waals surface area contributed by atoms with Crippen LogP contribution >= 0.6 is 0 Å². The van der Waals surface area contributed by atoms with Crippen LogP contribution < -0.4 is 15.4 Å². The van der Waals surface area contributed by atoms with Gasteiger partial charge in [0.05, 0.1) is 12.2 Å². The van der Waals surface area contributed by atoms with Crippen molar-refractivity contribution in [3.63, 3.8) is 0 Å². The minimum Gasteiger partial charge on any atom is -0.477 e. The van der Waals surface area contributed by atoms with Gasteiger partial charge in [-0.15, -0.1) is 0 Å². The molecular weight excluding hydrogens is 390 g/mol. The van der Waals surface area contributed by atoms with Gasteiger partial charge < -0.3 is 14.5 Å². The number of amides is 1. The van der Waals surface area contributed by atoms with Gasteiger partial charge in [-0.25, -0.2) is 0 Å². The average Bonchev–Trinajstić information content (AvgIpc) is 3.18. The lowest BCUT2D eigenvalue weighted by Gasteiger charge is -2.20. The fourth-order valence-corrected chi connectivity index (χ4v) is 3.83. The normalized spacial score (nSPS) is 12.8. The molecule has 3 aromatic heterocycles. The molecule has 7 heteroatoms. The second-order valence-electron chi connectivity index (χ2n) is 7.65. The van der Waals surface area contributed by atoms with Crippen molar-refractivity contribution in [3.8, 4) is 5.88 Å². The topological polar surface area (TPSA) is 80.5 Å². The van der Waals surface area contributed by atoms with Gasteiger partial charge >= 0.3 is 0 Å². The van der Waals surface area contributed by atoms with E-state index in [1.807, 2.05) is 53.9 Å². The van der Waals surface area contributed by atoms with Crippen LogP contribution in [0.5, 0.6) is 5.88 Å². The van der Waals surface area contributed by atoms with E-state index >= 15 is 0 Å². The molecule has 7 nitrogen and oxygen atoms in total. The smallest absolute Gasteiger partial charge is 0.275 e. The van der Waals surface area contributed by atoms with Crippen LogP contribution in [0, 0.1) is 6.92 Å². The lowest BCUT2D eigenvalue weighted by molar-refractivity contribution is 0.102. The second kappa shape index (κ2) is 8.10. The minimum absolute atomic E-state index is 0.224. The van der Waals surface area contributed by atoms with Crippen molar-refractivity contribution in [3.05, 3.63) is 83.2 Å². The molecule has 1 aromatic carbocycles. The van der Waals surface area contributed by atoms with Crippen molar-refractivity contribution in [1.82, 2.24) is 14.4 Å². The zero-order valence-corrected chi connectivity index (χ0v) is 17.3. The van der Waals surface area contributed by atoms with E-state index in [1.54, 1.807) is 6.07 Å². The molecule has 31 heavy (non-hydrogen) atoms. The number of rotatable bonds is 5. The maximum atomic E-state index is 13.0. The molecule has 156 valence electrons. The number of carbonyl (C=O) groups is 1. The summed E-state index contributed by atoms with van der Waals surface area (Å²) in [5.41, 5.74) is 4.66. The van der Waals surface area contributed by atoms with Gasteiger partial charge in [-0.2, -0.15) is 9.97 Å². The van der Waals surface area contributed by atoms with E-state index in [2.05, 4.69) is 32.7 Å². The van der Waals surface area contributed by atoms with Crippen molar-refractivity contribution >= 4 is 23.2 Å². The highest BCUT2D eigenvalue weighted by molar-refractivity contribution is 6.02. The summed E-state index contributed by atoms with van der Waals surface area (Å²) in [6.45, 7) is 3.24. The number of pyridine rings is 1. The molecular formula is C24H23N5O2. The first-order valence-electron chi connectivity index (χ1n) is 10.4. The Morgan fingerprint density at radius 2 is 2.00 bits per heavy atom. The Morgan fingerprint density at radius 1 is 1.13 bits per heavy atom. The molecule has 5 rings (SSSR count). The maximum absolute atomic E-state index is 13.0. The third kappa shape index (κ3) is 3.94. The molecule has 0 fully saturated rings. The summed E-state index contributed by atoms with van der Waals surface area (Å²) >= 11 is 0. The molecule has 0 atom stereocenters. The van der Waals surface area contributed by atoms with Crippen molar-refractivity contribution in [2.24, 2.45) is 0 Å². The standard InChI is InChI=1S/C24H23N5O2/c1-16-13-18-9-5-11-20(29(18)15-16)22(30)27-24-26-21(19-10-6-12-31-23(19)28-24)25-14-17-7-3-2-4-8-17/h2-5,7-9,11,13,15H,6,10,12,14H2,1H3,(H2,25,26,27,28,30). The van der Waals surface area contributed by atoms with E-state index in [9.17, 15) is 4.79 Å². The largest absolute Gasteiger partial charge is 0.477 e. The van der Waals surface area contributed by atoms with Gasteiger partial charge in [0.1, 0.15) is 11.5 Å². The number of aromatic nitrogens is 3. The Balaban J connectivity index is 1.44. The summed E-state index contributed by atoms with van der Waals surface area (Å²) in [7, 11) is 0. The fourth-order valence-electron chi connectivity index (χ4n) is 3.83. The van der Waals surface area contributed by atoms with Crippen LogP contribution in [0.2, 0.25) is 0 Å². The highest BCUT2D eigenvalue weighted by Gasteiger charge is 2.21. The molecule has 0 unspecified atom stereocenters. The molecule has 1 aliphatic heterocycles. The summed E-state index contributed by atoms with van der Waals surface area (Å²) in [4.78, 5) is 22.1. The zero-order chi connectivity index (χ0) is 21.2. The first-order chi connectivity index (χ1) is 15.2. The fraction of sp³-hybridized carbons (Fsp3) is 0.208. The lowest BCUT2D eigenvalue weighted by atomic mass is 10.1. The lowest BCUT2D eigenvalue weighted by Crippen LogP contribution is -2.20. The summed E-state index contributed by atoms with van der Waals surface area (Å²) in [6, 6.07) is 17.8. The van der Waals surface area contributed by atoms with Crippen molar-refractivity contribution in [2.45, 2.75) is 26.3 Å². The molecule has 1 aliphatic rings. The number of hydrogen-bond donors (Lipinski definition) is 2. The molecule has 4 aromatic rings. The quantitative estimate of drug-likeness (QED) is 0.512. The van der Waals surface area contributed by atoms with E-state index in [0.29, 0.717) is 30.5 Å². The number of anilines is 2. The molecule has 0 aliphatic carbocycles. The molecule has 1 amide bonds. The van der Waals surface area contributed by atoms with Crippen molar-refractivity contribution in [2.75, 3.05) is 17.2 Å². The zero-order valence-electron chi connectivity index (χ0n) is 17.3. The third-order valence-electron chi connectivity index (χ3n) is 5.31. The van der Waals surface area contributed by atoms with Gasteiger partial charge in [-0.05, 0) is 49.1 Å². The Kier molecular flexibility index (Phi) is 5.00. The number of aryl methyl sites for hydroxylation is 1. The summed E-state index contributed by atoms with van der Waals surface area (Å²) in [6.07, 6.45) is 3.69. The highest BCUT2D eigenvalue weighted by Crippen LogP contribution is 2.30. The van der Waals surface area contributed by atoms with Crippen LogP contribution in [0.3, 0.4) is 0 Å². The number of carbonyl (C=O) groups excluding carboxylic acids is 1. The second-order valence-corrected chi connectivity index (χ2v) is 7.65. The van der Waals surface area contributed by atoms with Crippen LogP contribution in [0.25, 0.3) is 5.52 Å². The van der Waals surface area contributed by atoms with E-state index in [1.165, 1.54) is 0 Å². The van der Waals surface area contributed by atoms with Crippen LogP contribution in [0.4, 0.5) is 11.8 Å². The van der Waals surface area contributed by atoms with Gasteiger partial charge in [-0.3, -0.25) is 10.1 Å². The van der Waals surface area contributed by atoms with Crippen LogP contribution in [-0.2, 0) is 13.0 Å². The number of nitrogens with one attached hydrogen (secondary N) is 2. The van der Waals surface area contributed by atoms with Crippen molar-refractivity contribution in [1.29, 1.82) is 0 Å². The van der Waals surface area contributed by atoms with Crippen LogP contribution in [0.1, 0.15) is 33.6 Å². The molecule has 2 N–H and O–H groups in total. The van der Waals surface area contributed by atoms with Crippen LogP contribution in [-0.4, -0.2) is 26.9 Å². The van der Waals surface area contributed by atoms with Gasteiger partial charge in [-0.1, -0.05) is 36.4 Å². The summed E-state index contributed by atoms with van der Waals surface area (Å²) < 4.78 is 7.64. The Morgan fingerprint density at radius 3 is 2.87 bits per heavy atom. The first-order valence-corrected chi connectivity index (χ1v) is 10.4.